The van der Waals surface area contributed by atoms with Gasteiger partial charge in [-0.1, -0.05) is 6.08 Å². The van der Waals surface area contributed by atoms with E-state index in [-0.39, 0.29) is 18.6 Å². The average molecular weight is 155 g/mol. The molecule has 11 heavy (non-hydrogen) atoms. The Labute approximate surface area is 66.3 Å². The number of likely N-dealkylation sites (N-methyl/N-ethyl adjacent to an activating group) is 1. The maximum atomic E-state index is 10.9. The molecule has 1 aliphatic heterocycles. The number of aliphatic hydroxyl groups is 1. The summed E-state index contributed by atoms with van der Waals surface area (Å²) in [6.07, 6.45) is 5.09. The van der Waals surface area contributed by atoms with Gasteiger partial charge in [0.1, 0.15) is 0 Å². The van der Waals surface area contributed by atoms with Gasteiger partial charge in [0.15, 0.2) is 0 Å². The summed E-state index contributed by atoms with van der Waals surface area (Å²) in [5, 5.41) is 8.55. The van der Waals surface area contributed by atoms with Gasteiger partial charge >= 0.3 is 0 Å². The second-order valence-electron chi connectivity index (χ2n) is 2.74. The average Bonchev–Trinajstić information content (AvgIpc) is 2.31. The second kappa shape index (κ2) is 3.53. The van der Waals surface area contributed by atoms with Crippen LogP contribution in [0.15, 0.2) is 12.2 Å². The molecule has 0 saturated carbocycles. The van der Waals surface area contributed by atoms with Crippen molar-refractivity contribution < 1.29 is 9.90 Å². The maximum Gasteiger partial charge on any atom is 0.246 e. The summed E-state index contributed by atoms with van der Waals surface area (Å²) in [5.74, 6) is 0.0629. The zero-order valence-electron chi connectivity index (χ0n) is 6.66. The predicted molar refractivity (Wildman–Crippen MR) is 42.0 cm³/mol. The molecule has 0 fully saturated rings. The molecule has 3 heteroatoms. The lowest BCUT2D eigenvalue weighted by Crippen LogP contribution is -2.29. The maximum absolute atomic E-state index is 10.9. The Kier molecular flexibility index (Phi) is 2.65. The van der Waals surface area contributed by atoms with Crippen LogP contribution in [0.3, 0.4) is 0 Å². The Bertz CT molecular complexity index is 177. The monoisotopic (exact) mass is 155 g/mol. The molecule has 1 aliphatic rings. The molecule has 1 rings (SSSR count). The number of rotatable bonds is 3. The molecule has 1 atom stereocenters. The molecule has 0 unspecified atom stereocenters. The van der Waals surface area contributed by atoms with Crippen molar-refractivity contribution in [2.45, 2.75) is 18.9 Å². The van der Waals surface area contributed by atoms with Crippen molar-refractivity contribution >= 4 is 5.91 Å². The van der Waals surface area contributed by atoms with Gasteiger partial charge in [-0.15, -0.1) is 0 Å². The van der Waals surface area contributed by atoms with Crippen LogP contribution in [-0.2, 0) is 4.79 Å². The molecular formula is C8H13NO2. The van der Waals surface area contributed by atoms with Gasteiger partial charge in [-0.05, 0) is 12.8 Å². The van der Waals surface area contributed by atoms with Gasteiger partial charge in [0.2, 0.25) is 5.91 Å². The minimum absolute atomic E-state index is 0.0629. The normalized spacial score (nSPS) is 23.3. The largest absolute Gasteiger partial charge is 0.396 e. The molecule has 0 aromatic carbocycles. The molecule has 0 radical (unpaired) electrons. The lowest BCUT2D eigenvalue weighted by molar-refractivity contribution is -0.124. The van der Waals surface area contributed by atoms with E-state index in [1.54, 1.807) is 18.0 Å². The molecule has 0 aromatic rings. The summed E-state index contributed by atoms with van der Waals surface area (Å²) >= 11 is 0. The highest BCUT2D eigenvalue weighted by molar-refractivity contribution is 5.90. The van der Waals surface area contributed by atoms with E-state index in [0.29, 0.717) is 0 Å². The SMILES string of the molecule is CN1C(=O)C=C[C@@H]1CCCO. The van der Waals surface area contributed by atoms with Crippen LogP contribution in [0, 0.1) is 0 Å². The van der Waals surface area contributed by atoms with Crippen molar-refractivity contribution in [3.05, 3.63) is 12.2 Å². The number of hydrogen-bond donors (Lipinski definition) is 1. The van der Waals surface area contributed by atoms with E-state index in [1.807, 2.05) is 6.08 Å². The quantitative estimate of drug-likeness (QED) is 0.630. The fourth-order valence-corrected chi connectivity index (χ4v) is 1.19. The Morgan fingerprint density at radius 1 is 1.73 bits per heavy atom. The molecule has 3 nitrogen and oxygen atoms in total. The first-order valence-corrected chi connectivity index (χ1v) is 3.81. The molecule has 0 spiro atoms. The summed E-state index contributed by atoms with van der Waals surface area (Å²) < 4.78 is 0. The Hall–Kier alpha value is -0.830. The lowest BCUT2D eigenvalue weighted by atomic mass is 10.1. The third kappa shape index (κ3) is 1.80. The predicted octanol–water partition coefficient (Wildman–Crippen LogP) is 0.156. The van der Waals surface area contributed by atoms with E-state index in [9.17, 15) is 4.79 Å². The third-order valence-electron chi connectivity index (χ3n) is 1.96. The van der Waals surface area contributed by atoms with Gasteiger partial charge in [-0.2, -0.15) is 0 Å². The van der Waals surface area contributed by atoms with Crippen LogP contribution in [0.5, 0.6) is 0 Å². The zero-order valence-corrected chi connectivity index (χ0v) is 6.66. The van der Waals surface area contributed by atoms with Crippen molar-refractivity contribution in [3.8, 4) is 0 Å². The standard InChI is InChI=1S/C8H13NO2/c1-9-7(3-2-6-10)4-5-8(9)11/h4-5,7,10H,2-3,6H2,1H3/t7-/m0/s1. The van der Waals surface area contributed by atoms with Crippen molar-refractivity contribution in [1.29, 1.82) is 0 Å². The highest BCUT2D eigenvalue weighted by Gasteiger charge is 2.20. The number of carbonyl (C=O) groups excluding carboxylic acids is 1. The van der Waals surface area contributed by atoms with Crippen LogP contribution in [0.1, 0.15) is 12.8 Å². The number of hydrogen-bond acceptors (Lipinski definition) is 2. The van der Waals surface area contributed by atoms with Crippen LogP contribution in [-0.4, -0.2) is 35.6 Å². The van der Waals surface area contributed by atoms with Crippen LogP contribution < -0.4 is 0 Å². The summed E-state index contributed by atoms with van der Waals surface area (Å²) in [6, 6.07) is 0.203. The minimum Gasteiger partial charge on any atom is -0.396 e. The lowest BCUT2D eigenvalue weighted by Gasteiger charge is -2.18. The van der Waals surface area contributed by atoms with Gasteiger partial charge in [-0.3, -0.25) is 4.79 Å². The van der Waals surface area contributed by atoms with Crippen molar-refractivity contribution in [1.82, 2.24) is 4.90 Å². The van der Waals surface area contributed by atoms with E-state index in [4.69, 9.17) is 5.11 Å². The zero-order chi connectivity index (χ0) is 8.27. The molecule has 0 bridgehead atoms. The van der Waals surface area contributed by atoms with E-state index in [2.05, 4.69) is 0 Å². The first-order valence-electron chi connectivity index (χ1n) is 3.81. The number of nitrogens with zero attached hydrogens (tertiary/aromatic N) is 1. The highest BCUT2D eigenvalue weighted by Crippen LogP contribution is 2.12. The summed E-state index contributed by atoms with van der Waals surface area (Å²) in [4.78, 5) is 12.6. The molecule has 0 aromatic heterocycles. The van der Waals surface area contributed by atoms with Crippen molar-refractivity contribution in [3.63, 3.8) is 0 Å². The van der Waals surface area contributed by atoms with E-state index >= 15 is 0 Å². The molecule has 62 valence electrons. The van der Waals surface area contributed by atoms with Crippen molar-refractivity contribution in [2.75, 3.05) is 13.7 Å². The van der Waals surface area contributed by atoms with Gasteiger partial charge in [0.25, 0.3) is 0 Å². The molecule has 1 amide bonds. The van der Waals surface area contributed by atoms with Crippen LogP contribution >= 0.6 is 0 Å². The summed E-state index contributed by atoms with van der Waals surface area (Å²) in [5.41, 5.74) is 0. The second-order valence-corrected chi connectivity index (χ2v) is 2.74. The molecule has 1 heterocycles. The van der Waals surface area contributed by atoms with E-state index < -0.39 is 0 Å². The minimum atomic E-state index is 0.0629. The first-order chi connectivity index (χ1) is 5.25. The summed E-state index contributed by atoms with van der Waals surface area (Å²) in [7, 11) is 1.78. The number of carbonyl (C=O) groups is 1. The molecular weight excluding hydrogens is 142 g/mol. The van der Waals surface area contributed by atoms with Crippen LogP contribution in [0.4, 0.5) is 0 Å². The fourth-order valence-electron chi connectivity index (χ4n) is 1.19. The van der Waals surface area contributed by atoms with Gasteiger partial charge in [0, 0.05) is 19.7 Å². The number of amides is 1. The Morgan fingerprint density at radius 3 is 2.91 bits per heavy atom. The smallest absolute Gasteiger partial charge is 0.246 e. The molecule has 0 saturated heterocycles. The highest BCUT2D eigenvalue weighted by atomic mass is 16.3. The van der Waals surface area contributed by atoms with Crippen LogP contribution in [0.25, 0.3) is 0 Å². The first kappa shape index (κ1) is 8.27. The summed E-state index contributed by atoms with van der Waals surface area (Å²) in [6.45, 7) is 0.201. The molecule has 0 aliphatic carbocycles. The number of aliphatic hydroxyl groups excluding tert-OH is 1. The van der Waals surface area contributed by atoms with Crippen molar-refractivity contribution in [2.24, 2.45) is 0 Å². The van der Waals surface area contributed by atoms with E-state index in [0.717, 1.165) is 12.8 Å². The van der Waals surface area contributed by atoms with Gasteiger partial charge in [0.05, 0.1) is 6.04 Å². The Balaban J connectivity index is 2.36. The van der Waals surface area contributed by atoms with Crippen LogP contribution in [0.2, 0.25) is 0 Å². The third-order valence-corrected chi connectivity index (χ3v) is 1.96. The van der Waals surface area contributed by atoms with Gasteiger partial charge < -0.3 is 10.0 Å². The Morgan fingerprint density at radius 2 is 2.45 bits per heavy atom. The van der Waals surface area contributed by atoms with Gasteiger partial charge in [-0.25, -0.2) is 0 Å². The molecule has 1 N–H and O–H groups in total. The topological polar surface area (TPSA) is 40.5 Å². The fraction of sp³-hybridized carbons (Fsp3) is 0.625. The van der Waals surface area contributed by atoms with E-state index in [1.165, 1.54) is 0 Å².